The molecule has 2 N–H and O–H groups in total. The first kappa shape index (κ1) is 39.6. The molecule has 1 aliphatic heterocycles. The van der Waals surface area contributed by atoms with E-state index in [1.165, 1.54) is 44.9 Å². The van der Waals surface area contributed by atoms with Crippen LogP contribution in [0.15, 0.2) is 13.2 Å². The van der Waals surface area contributed by atoms with Crippen LogP contribution in [0, 0.1) is 6.92 Å². The summed E-state index contributed by atoms with van der Waals surface area (Å²) in [5.41, 5.74) is 0. The van der Waals surface area contributed by atoms with E-state index >= 15 is 0 Å². The molecule has 1 aliphatic rings. The van der Waals surface area contributed by atoms with E-state index in [9.17, 15) is 0 Å². The SMILES string of the molecule is C1CCOC1.C=C.CCCC(CC)OC(CC)CCC.OCCO.[CH2-]CCC.[Li+]. The van der Waals surface area contributed by atoms with Crippen LogP contribution in [-0.4, -0.2) is 48.8 Å². The monoisotopic (exact) mass is 412 g/mol. The normalized spacial score (nSPS) is 13.4. The number of hydrogen-bond acceptors (Lipinski definition) is 4. The summed E-state index contributed by atoms with van der Waals surface area (Å²) in [6.07, 6.45) is 13.1. The zero-order valence-corrected chi connectivity index (χ0v) is 20.9. The molecule has 1 heterocycles. The minimum atomic E-state index is -0.125. The van der Waals surface area contributed by atoms with Crippen molar-refractivity contribution in [2.45, 2.75) is 111 Å². The Morgan fingerprint density at radius 3 is 1.31 bits per heavy atom. The summed E-state index contributed by atoms with van der Waals surface area (Å²) in [5, 5.41) is 15.2. The molecule has 0 aromatic rings. The van der Waals surface area contributed by atoms with Gasteiger partial charge in [-0.2, -0.15) is 6.42 Å². The number of hydrogen-bond donors (Lipinski definition) is 2. The van der Waals surface area contributed by atoms with Gasteiger partial charge in [0, 0.05) is 13.2 Å². The third-order valence-electron chi connectivity index (χ3n) is 3.80. The molecule has 29 heavy (non-hydrogen) atoms. The summed E-state index contributed by atoms with van der Waals surface area (Å²) < 4.78 is 11.0. The van der Waals surface area contributed by atoms with Gasteiger partial charge >= 0.3 is 18.9 Å². The number of ether oxygens (including phenoxy) is 2. The Morgan fingerprint density at radius 1 is 0.828 bits per heavy atom. The fourth-order valence-electron chi connectivity index (χ4n) is 2.16. The van der Waals surface area contributed by atoms with Gasteiger partial charge in [0.15, 0.2) is 0 Å². The third kappa shape index (κ3) is 43.1. The molecule has 0 amide bonds. The topological polar surface area (TPSA) is 58.9 Å². The van der Waals surface area contributed by atoms with E-state index in [0.29, 0.717) is 12.2 Å². The number of aliphatic hydroxyl groups excluding tert-OH is 2. The van der Waals surface area contributed by atoms with E-state index in [0.717, 1.165) is 32.5 Å². The molecular weight excluding hydrogens is 359 g/mol. The van der Waals surface area contributed by atoms with Crippen LogP contribution >= 0.6 is 0 Å². The van der Waals surface area contributed by atoms with E-state index in [1.807, 2.05) is 0 Å². The maximum atomic E-state index is 7.62. The molecule has 0 spiro atoms. The Hall–Kier alpha value is 0.177. The molecule has 0 aromatic carbocycles. The zero-order valence-electron chi connectivity index (χ0n) is 20.9. The third-order valence-corrected chi connectivity index (χ3v) is 3.80. The van der Waals surface area contributed by atoms with Crippen LogP contribution in [0.5, 0.6) is 0 Å². The summed E-state index contributed by atoms with van der Waals surface area (Å²) in [7, 11) is 0. The second-order valence-electron chi connectivity index (χ2n) is 6.39. The van der Waals surface area contributed by atoms with E-state index in [4.69, 9.17) is 19.7 Å². The van der Waals surface area contributed by atoms with Gasteiger partial charge in [0.1, 0.15) is 0 Å². The molecule has 0 bridgehead atoms. The fraction of sp³-hybridized carbons (Fsp3) is 0.875. The van der Waals surface area contributed by atoms with Gasteiger partial charge in [-0.05, 0) is 38.5 Å². The Labute approximate surface area is 196 Å². The van der Waals surface area contributed by atoms with Crippen molar-refractivity contribution in [2.24, 2.45) is 0 Å². The molecule has 4 nitrogen and oxygen atoms in total. The second-order valence-corrected chi connectivity index (χ2v) is 6.39. The van der Waals surface area contributed by atoms with Crippen LogP contribution in [0.2, 0.25) is 0 Å². The van der Waals surface area contributed by atoms with Crippen LogP contribution < -0.4 is 18.9 Å². The summed E-state index contributed by atoms with van der Waals surface area (Å²) >= 11 is 0. The van der Waals surface area contributed by atoms with E-state index in [2.05, 4.69) is 54.7 Å². The van der Waals surface area contributed by atoms with Crippen LogP contribution in [0.4, 0.5) is 0 Å². The minimum absolute atomic E-state index is 0. The molecule has 0 radical (unpaired) electrons. The minimum Gasteiger partial charge on any atom is -0.394 e. The van der Waals surface area contributed by atoms with Gasteiger partial charge in [0.25, 0.3) is 0 Å². The van der Waals surface area contributed by atoms with Crippen LogP contribution in [-0.2, 0) is 9.47 Å². The van der Waals surface area contributed by atoms with Crippen molar-refractivity contribution in [1.29, 1.82) is 0 Å². The van der Waals surface area contributed by atoms with Crippen molar-refractivity contribution in [3.8, 4) is 0 Å². The van der Waals surface area contributed by atoms with Crippen LogP contribution in [0.3, 0.4) is 0 Å². The largest absolute Gasteiger partial charge is 1.00 e. The average molecular weight is 413 g/mol. The fourth-order valence-corrected chi connectivity index (χ4v) is 2.16. The maximum Gasteiger partial charge on any atom is 1.00 e. The predicted molar refractivity (Wildman–Crippen MR) is 125 cm³/mol. The smallest absolute Gasteiger partial charge is 0.394 e. The molecular formula is C24H53LiO4. The van der Waals surface area contributed by atoms with Crippen molar-refractivity contribution in [2.75, 3.05) is 26.4 Å². The number of rotatable bonds is 10. The van der Waals surface area contributed by atoms with Gasteiger partial charge in [-0.3, -0.25) is 0 Å². The van der Waals surface area contributed by atoms with Crippen molar-refractivity contribution < 1.29 is 38.5 Å². The molecule has 2 unspecified atom stereocenters. The van der Waals surface area contributed by atoms with Gasteiger partial charge in [-0.1, -0.05) is 53.9 Å². The first-order valence-electron chi connectivity index (χ1n) is 11.3. The summed E-state index contributed by atoms with van der Waals surface area (Å²) in [6, 6.07) is 0. The quantitative estimate of drug-likeness (QED) is 0.328. The summed E-state index contributed by atoms with van der Waals surface area (Å²) in [5.74, 6) is 0. The zero-order chi connectivity index (χ0) is 22.5. The average Bonchev–Trinajstić information content (AvgIpc) is 3.35. The van der Waals surface area contributed by atoms with Gasteiger partial charge < -0.3 is 26.6 Å². The van der Waals surface area contributed by atoms with E-state index < -0.39 is 0 Å². The van der Waals surface area contributed by atoms with Crippen LogP contribution in [0.1, 0.15) is 98.8 Å². The number of unbranched alkanes of at least 4 members (excludes halogenated alkanes) is 1. The number of aliphatic hydroxyl groups is 2. The van der Waals surface area contributed by atoms with E-state index in [-0.39, 0.29) is 32.1 Å². The summed E-state index contributed by atoms with van der Waals surface area (Å²) in [4.78, 5) is 0. The Kier molecular flexibility index (Phi) is 57.8. The molecule has 0 aliphatic carbocycles. The molecule has 2 atom stereocenters. The summed E-state index contributed by atoms with van der Waals surface area (Å²) in [6.45, 7) is 22.4. The van der Waals surface area contributed by atoms with Crippen molar-refractivity contribution in [3.63, 3.8) is 0 Å². The van der Waals surface area contributed by atoms with E-state index in [1.54, 1.807) is 0 Å². The molecule has 1 saturated heterocycles. The van der Waals surface area contributed by atoms with Crippen molar-refractivity contribution in [3.05, 3.63) is 20.1 Å². The van der Waals surface area contributed by atoms with Crippen molar-refractivity contribution in [1.82, 2.24) is 0 Å². The van der Waals surface area contributed by atoms with Gasteiger partial charge in [-0.15, -0.1) is 13.2 Å². The standard InChI is InChI=1S/C12H26O.C4H8O.C4H9.C2H6O2.C2H4.Li/c1-5-9-11(7-3)13-12(8-4)10-6-2;1-2-4-5-3-1;1-3-4-2;3-1-2-4;1-2;/h11-12H,5-10H2,1-4H3;1-4H2;1,3-4H2,2H3;3-4H,1-2H2;1-2H2;/q;;-1;;;+1. The maximum absolute atomic E-state index is 7.62. The molecule has 174 valence electrons. The van der Waals surface area contributed by atoms with Gasteiger partial charge in [0.2, 0.25) is 0 Å². The Morgan fingerprint density at radius 2 is 1.17 bits per heavy atom. The first-order valence-corrected chi connectivity index (χ1v) is 11.3. The first-order chi connectivity index (χ1) is 13.6. The second kappa shape index (κ2) is 42.3. The molecule has 0 saturated carbocycles. The molecule has 0 aromatic heterocycles. The molecule has 1 rings (SSSR count). The molecule has 5 heteroatoms. The van der Waals surface area contributed by atoms with Crippen molar-refractivity contribution >= 4 is 0 Å². The van der Waals surface area contributed by atoms with Gasteiger partial charge in [0.05, 0.1) is 25.4 Å². The predicted octanol–water partition coefficient (Wildman–Crippen LogP) is 3.35. The van der Waals surface area contributed by atoms with Crippen LogP contribution in [0.25, 0.3) is 0 Å². The van der Waals surface area contributed by atoms with Gasteiger partial charge in [-0.25, -0.2) is 0 Å². The Bertz CT molecular complexity index is 199. The Balaban J connectivity index is -0.0000000988. The molecule has 1 fully saturated rings.